The van der Waals surface area contributed by atoms with Gasteiger partial charge in [0.15, 0.2) is 11.5 Å². The normalized spacial score (nSPS) is 15.5. The molecule has 2 aromatic rings. The fourth-order valence-corrected chi connectivity index (χ4v) is 2.34. The fraction of sp³-hybridized carbons (Fsp3) is 0.222. The molecule has 6 heteroatoms. The Hall–Kier alpha value is -3.02. The molecule has 124 valence electrons. The van der Waals surface area contributed by atoms with Crippen molar-refractivity contribution >= 4 is 17.5 Å². The van der Waals surface area contributed by atoms with Crippen molar-refractivity contribution in [1.29, 1.82) is 0 Å². The number of aryl methyl sites for hydroxylation is 1. The van der Waals surface area contributed by atoms with Gasteiger partial charge in [-0.3, -0.25) is 9.59 Å². The Bertz CT molecular complexity index is 760. The third-order valence-corrected chi connectivity index (χ3v) is 3.66. The average molecular weight is 326 g/mol. The van der Waals surface area contributed by atoms with Gasteiger partial charge < -0.3 is 20.1 Å². The predicted octanol–water partition coefficient (Wildman–Crippen LogP) is 1.89. The van der Waals surface area contributed by atoms with Gasteiger partial charge in [0.2, 0.25) is 0 Å². The van der Waals surface area contributed by atoms with E-state index in [9.17, 15) is 9.59 Å². The third kappa shape index (κ3) is 3.65. The highest BCUT2D eigenvalue weighted by molar-refractivity contribution is 6.39. The topological polar surface area (TPSA) is 76.7 Å². The molecule has 1 aliphatic heterocycles. The number of hydrogen-bond acceptors (Lipinski definition) is 4. The van der Waals surface area contributed by atoms with E-state index in [1.807, 2.05) is 37.3 Å². The number of hydrogen-bond donors (Lipinski definition) is 2. The van der Waals surface area contributed by atoms with Gasteiger partial charge in [0, 0.05) is 5.69 Å². The molecule has 1 atom stereocenters. The van der Waals surface area contributed by atoms with Crippen LogP contribution in [-0.4, -0.2) is 31.1 Å². The molecule has 0 saturated carbocycles. The number of rotatable bonds is 3. The molecule has 1 heterocycles. The van der Waals surface area contributed by atoms with E-state index in [4.69, 9.17) is 9.47 Å². The molecule has 1 unspecified atom stereocenters. The first-order valence-electron chi connectivity index (χ1n) is 7.67. The summed E-state index contributed by atoms with van der Waals surface area (Å²) in [6.07, 6.45) is -0.338. The van der Waals surface area contributed by atoms with Crippen molar-refractivity contribution in [3.8, 4) is 11.5 Å². The van der Waals surface area contributed by atoms with Crippen LogP contribution in [0.15, 0.2) is 48.5 Å². The second-order valence-electron chi connectivity index (χ2n) is 5.48. The number of para-hydroxylation sites is 3. The minimum Gasteiger partial charge on any atom is -0.486 e. The average Bonchev–Trinajstić information content (AvgIpc) is 2.61. The van der Waals surface area contributed by atoms with Crippen LogP contribution in [0.2, 0.25) is 0 Å². The number of amides is 2. The predicted molar refractivity (Wildman–Crippen MR) is 89.2 cm³/mol. The van der Waals surface area contributed by atoms with Gasteiger partial charge in [0.05, 0.1) is 6.54 Å². The third-order valence-electron chi connectivity index (χ3n) is 3.66. The minimum absolute atomic E-state index is 0.189. The molecule has 0 aliphatic carbocycles. The van der Waals surface area contributed by atoms with Gasteiger partial charge in [0.25, 0.3) is 0 Å². The van der Waals surface area contributed by atoms with Crippen LogP contribution < -0.4 is 20.1 Å². The first kappa shape index (κ1) is 15.9. The summed E-state index contributed by atoms with van der Waals surface area (Å²) in [5.41, 5.74) is 1.50. The molecule has 6 nitrogen and oxygen atoms in total. The number of anilines is 1. The maximum absolute atomic E-state index is 11.9. The Morgan fingerprint density at radius 3 is 2.54 bits per heavy atom. The first-order valence-corrected chi connectivity index (χ1v) is 7.67. The largest absolute Gasteiger partial charge is 0.486 e. The fourth-order valence-electron chi connectivity index (χ4n) is 2.34. The van der Waals surface area contributed by atoms with E-state index in [0.29, 0.717) is 23.8 Å². The molecule has 0 saturated heterocycles. The van der Waals surface area contributed by atoms with Crippen LogP contribution in [0.5, 0.6) is 11.5 Å². The van der Waals surface area contributed by atoms with Crippen molar-refractivity contribution in [1.82, 2.24) is 5.32 Å². The van der Waals surface area contributed by atoms with Crippen molar-refractivity contribution in [3.63, 3.8) is 0 Å². The number of carbonyl (C=O) groups is 2. The van der Waals surface area contributed by atoms with Gasteiger partial charge in [-0.15, -0.1) is 0 Å². The summed E-state index contributed by atoms with van der Waals surface area (Å²) >= 11 is 0. The van der Waals surface area contributed by atoms with Crippen molar-refractivity contribution < 1.29 is 19.1 Å². The van der Waals surface area contributed by atoms with E-state index in [-0.39, 0.29) is 12.6 Å². The number of benzene rings is 2. The zero-order valence-electron chi connectivity index (χ0n) is 13.2. The molecule has 0 bridgehead atoms. The Labute approximate surface area is 139 Å². The molecule has 24 heavy (non-hydrogen) atoms. The summed E-state index contributed by atoms with van der Waals surface area (Å²) in [5.74, 6) is -0.105. The molecule has 0 radical (unpaired) electrons. The molecular formula is C18H18N2O4. The van der Waals surface area contributed by atoms with E-state index >= 15 is 0 Å². The Morgan fingerprint density at radius 2 is 1.75 bits per heavy atom. The number of fused-ring (bicyclic) bond motifs is 1. The molecule has 3 rings (SSSR count). The Balaban J connectivity index is 1.51. The minimum atomic E-state index is -0.708. The SMILES string of the molecule is Cc1ccccc1NC(=O)C(=O)NCC1COc2ccccc2O1. The lowest BCUT2D eigenvalue weighted by atomic mass is 10.2. The highest BCUT2D eigenvalue weighted by Crippen LogP contribution is 2.30. The molecule has 0 fully saturated rings. The van der Waals surface area contributed by atoms with Crippen LogP contribution in [0, 0.1) is 6.92 Å². The van der Waals surface area contributed by atoms with Crippen molar-refractivity contribution in [2.24, 2.45) is 0 Å². The lowest BCUT2D eigenvalue weighted by molar-refractivity contribution is -0.136. The summed E-state index contributed by atoms with van der Waals surface area (Å²) in [6, 6.07) is 14.6. The standard InChI is InChI=1S/C18H18N2O4/c1-12-6-2-3-7-14(12)20-18(22)17(21)19-10-13-11-23-15-8-4-5-9-16(15)24-13/h2-9,13H,10-11H2,1H3,(H,19,21)(H,20,22). The number of carbonyl (C=O) groups excluding carboxylic acids is 2. The summed E-state index contributed by atoms with van der Waals surface area (Å²) in [5, 5.41) is 5.16. The quantitative estimate of drug-likeness (QED) is 0.845. The molecule has 2 N–H and O–H groups in total. The van der Waals surface area contributed by atoms with Crippen LogP contribution in [0.4, 0.5) is 5.69 Å². The van der Waals surface area contributed by atoms with Crippen LogP contribution in [-0.2, 0) is 9.59 Å². The second-order valence-corrected chi connectivity index (χ2v) is 5.48. The van der Waals surface area contributed by atoms with E-state index < -0.39 is 11.8 Å². The molecule has 0 aromatic heterocycles. The van der Waals surface area contributed by atoms with Crippen molar-refractivity contribution in [3.05, 3.63) is 54.1 Å². The van der Waals surface area contributed by atoms with E-state index in [0.717, 1.165) is 5.56 Å². The monoisotopic (exact) mass is 326 g/mol. The van der Waals surface area contributed by atoms with Crippen LogP contribution in [0.25, 0.3) is 0 Å². The number of ether oxygens (including phenoxy) is 2. The van der Waals surface area contributed by atoms with E-state index in [1.165, 1.54) is 0 Å². The van der Waals surface area contributed by atoms with Crippen molar-refractivity contribution in [2.75, 3.05) is 18.5 Å². The summed E-state index contributed by atoms with van der Waals surface area (Å²) in [4.78, 5) is 23.9. The van der Waals surface area contributed by atoms with E-state index in [1.54, 1.807) is 18.2 Å². The molecule has 0 spiro atoms. The Morgan fingerprint density at radius 1 is 1.04 bits per heavy atom. The lowest BCUT2D eigenvalue weighted by Gasteiger charge is -2.26. The van der Waals surface area contributed by atoms with Crippen LogP contribution in [0.3, 0.4) is 0 Å². The lowest BCUT2D eigenvalue weighted by Crippen LogP contribution is -2.44. The highest BCUT2D eigenvalue weighted by atomic mass is 16.6. The zero-order valence-corrected chi connectivity index (χ0v) is 13.2. The zero-order chi connectivity index (χ0) is 16.9. The van der Waals surface area contributed by atoms with Gasteiger partial charge in [-0.2, -0.15) is 0 Å². The van der Waals surface area contributed by atoms with Gasteiger partial charge in [0.1, 0.15) is 12.7 Å². The summed E-state index contributed by atoms with van der Waals surface area (Å²) in [6.45, 7) is 2.36. The highest BCUT2D eigenvalue weighted by Gasteiger charge is 2.22. The van der Waals surface area contributed by atoms with Gasteiger partial charge in [-0.1, -0.05) is 30.3 Å². The smallest absolute Gasteiger partial charge is 0.313 e. The molecular weight excluding hydrogens is 308 g/mol. The van der Waals surface area contributed by atoms with Gasteiger partial charge in [-0.25, -0.2) is 0 Å². The van der Waals surface area contributed by atoms with E-state index in [2.05, 4.69) is 10.6 Å². The maximum Gasteiger partial charge on any atom is 0.313 e. The molecule has 2 aromatic carbocycles. The van der Waals surface area contributed by atoms with Gasteiger partial charge >= 0.3 is 11.8 Å². The second kappa shape index (κ2) is 7.04. The van der Waals surface area contributed by atoms with Crippen LogP contribution in [0.1, 0.15) is 5.56 Å². The number of nitrogens with one attached hydrogen (secondary N) is 2. The summed E-state index contributed by atoms with van der Waals surface area (Å²) < 4.78 is 11.3. The molecule has 1 aliphatic rings. The maximum atomic E-state index is 11.9. The summed E-state index contributed by atoms with van der Waals surface area (Å²) in [7, 11) is 0. The Kier molecular flexibility index (Phi) is 4.65. The van der Waals surface area contributed by atoms with Gasteiger partial charge in [-0.05, 0) is 30.7 Å². The molecule has 2 amide bonds. The first-order chi connectivity index (χ1) is 11.6. The van der Waals surface area contributed by atoms with Crippen molar-refractivity contribution in [2.45, 2.75) is 13.0 Å². The van der Waals surface area contributed by atoms with Crippen LogP contribution >= 0.6 is 0 Å².